The average Bonchev–Trinajstić information content (AvgIpc) is 2.30. The molecule has 0 aromatic carbocycles. The molecule has 1 fully saturated rings. The van der Waals surface area contributed by atoms with E-state index in [4.69, 9.17) is 13.6 Å². The first-order valence-corrected chi connectivity index (χ1v) is 9.49. The Morgan fingerprint density at radius 2 is 1.93 bits per heavy atom. The Morgan fingerprint density at radius 1 is 1.36 bits per heavy atom. The summed E-state index contributed by atoms with van der Waals surface area (Å²) in [6.45, 7) is -0.414. The molecule has 0 saturated carbocycles. The summed E-state index contributed by atoms with van der Waals surface area (Å²) >= 11 is -3.38. The zero-order valence-corrected chi connectivity index (χ0v) is 9.91. The van der Waals surface area contributed by atoms with Crippen LogP contribution in [0.4, 0.5) is 0 Å². The molecule has 1 aliphatic heterocycles. The van der Waals surface area contributed by atoms with E-state index in [-0.39, 0.29) is 0 Å². The number of rotatable bonds is 3. The third-order valence-electron chi connectivity index (χ3n) is 1.86. The molecular formula is C7H15AsO6. The molecular weight excluding hydrogens is 255 g/mol. The van der Waals surface area contributed by atoms with E-state index in [9.17, 15) is 14.0 Å². The first-order valence-electron chi connectivity index (χ1n) is 4.21. The molecule has 84 valence electrons. The molecule has 0 amide bonds. The minimum atomic E-state index is -3.38. The molecule has 1 saturated heterocycles. The molecule has 1 aliphatic rings. The van der Waals surface area contributed by atoms with Gasteiger partial charge in [0.15, 0.2) is 0 Å². The van der Waals surface area contributed by atoms with Gasteiger partial charge >= 0.3 is 84.0 Å². The zero-order valence-electron chi connectivity index (χ0n) is 8.03. The van der Waals surface area contributed by atoms with Crippen LogP contribution in [0.3, 0.4) is 0 Å². The quantitative estimate of drug-likeness (QED) is 0.544. The van der Waals surface area contributed by atoms with Crippen LogP contribution in [0.2, 0.25) is 11.4 Å². The SMILES string of the molecule is C[As](C)(=O)O[C@@H]1O[C@H](CO)[C@@H](O)[C@H]1O. The van der Waals surface area contributed by atoms with E-state index in [1.165, 1.54) is 11.4 Å². The van der Waals surface area contributed by atoms with E-state index in [0.717, 1.165) is 0 Å². The van der Waals surface area contributed by atoms with Crippen LogP contribution in [-0.4, -0.2) is 60.4 Å². The van der Waals surface area contributed by atoms with Gasteiger partial charge in [-0.25, -0.2) is 0 Å². The van der Waals surface area contributed by atoms with Gasteiger partial charge in [0.1, 0.15) is 0 Å². The van der Waals surface area contributed by atoms with Crippen molar-refractivity contribution in [1.29, 1.82) is 0 Å². The summed E-state index contributed by atoms with van der Waals surface area (Å²) in [7, 11) is 0. The van der Waals surface area contributed by atoms with E-state index in [1.54, 1.807) is 0 Å². The summed E-state index contributed by atoms with van der Waals surface area (Å²) < 4.78 is 21.3. The molecule has 0 aromatic heterocycles. The van der Waals surface area contributed by atoms with Crippen LogP contribution in [0.1, 0.15) is 0 Å². The van der Waals surface area contributed by atoms with Crippen molar-refractivity contribution in [2.75, 3.05) is 6.61 Å². The van der Waals surface area contributed by atoms with E-state index in [1.807, 2.05) is 0 Å². The number of ether oxygens (including phenoxy) is 1. The van der Waals surface area contributed by atoms with Crippen molar-refractivity contribution < 1.29 is 27.5 Å². The molecule has 0 bridgehead atoms. The number of aliphatic hydroxyl groups is 3. The predicted octanol–water partition coefficient (Wildman–Crippen LogP) is -1.43. The summed E-state index contributed by atoms with van der Waals surface area (Å²) in [5.41, 5.74) is 2.87. The fraction of sp³-hybridized carbons (Fsp3) is 1.00. The maximum absolute atomic E-state index is 11.3. The third-order valence-corrected chi connectivity index (χ3v) is 3.36. The fourth-order valence-corrected chi connectivity index (χ4v) is 2.62. The second kappa shape index (κ2) is 4.35. The van der Waals surface area contributed by atoms with Crippen molar-refractivity contribution in [2.45, 2.75) is 36.0 Å². The van der Waals surface area contributed by atoms with Gasteiger partial charge in [-0.15, -0.1) is 0 Å². The molecule has 1 heterocycles. The van der Waals surface area contributed by atoms with Gasteiger partial charge in [0.05, 0.1) is 0 Å². The normalized spacial score (nSPS) is 38.9. The Labute approximate surface area is 84.5 Å². The molecule has 0 radical (unpaired) electrons. The zero-order chi connectivity index (χ0) is 10.9. The van der Waals surface area contributed by atoms with Crippen LogP contribution >= 0.6 is 0 Å². The Bertz CT molecular complexity index is 238. The van der Waals surface area contributed by atoms with Gasteiger partial charge in [0, 0.05) is 0 Å². The van der Waals surface area contributed by atoms with Crippen LogP contribution in [0, 0.1) is 0 Å². The Kier molecular flexibility index (Phi) is 3.80. The summed E-state index contributed by atoms with van der Waals surface area (Å²) in [5, 5.41) is 27.5. The van der Waals surface area contributed by atoms with E-state index in [2.05, 4.69) is 0 Å². The topological polar surface area (TPSA) is 96.2 Å². The number of aliphatic hydroxyl groups excluding tert-OH is 3. The molecule has 7 heteroatoms. The molecule has 14 heavy (non-hydrogen) atoms. The second-order valence-electron chi connectivity index (χ2n) is 3.56. The Balaban J connectivity index is 2.61. The van der Waals surface area contributed by atoms with Crippen LogP contribution in [0.15, 0.2) is 0 Å². The number of hydrogen-bond acceptors (Lipinski definition) is 6. The maximum atomic E-state index is 11.3. The second-order valence-corrected chi connectivity index (χ2v) is 9.26. The van der Waals surface area contributed by atoms with Gasteiger partial charge in [0.25, 0.3) is 0 Å². The van der Waals surface area contributed by atoms with Crippen molar-refractivity contribution in [3.8, 4) is 0 Å². The molecule has 0 aromatic rings. The molecule has 6 nitrogen and oxygen atoms in total. The first-order chi connectivity index (χ1) is 6.35. The van der Waals surface area contributed by atoms with Crippen molar-refractivity contribution in [2.24, 2.45) is 0 Å². The third kappa shape index (κ3) is 2.82. The van der Waals surface area contributed by atoms with Gasteiger partial charge < -0.3 is 0 Å². The van der Waals surface area contributed by atoms with Crippen LogP contribution in [0.5, 0.6) is 0 Å². The van der Waals surface area contributed by atoms with Crippen LogP contribution < -0.4 is 0 Å². The Hall–Kier alpha value is 0.158. The first kappa shape index (κ1) is 12.2. The van der Waals surface area contributed by atoms with Gasteiger partial charge in [-0.3, -0.25) is 0 Å². The molecule has 1 rings (SSSR count). The predicted molar refractivity (Wildman–Crippen MR) is 47.0 cm³/mol. The van der Waals surface area contributed by atoms with Crippen molar-refractivity contribution in [3.05, 3.63) is 0 Å². The van der Waals surface area contributed by atoms with E-state index >= 15 is 0 Å². The van der Waals surface area contributed by atoms with Crippen LogP contribution in [0.25, 0.3) is 0 Å². The van der Waals surface area contributed by atoms with Crippen molar-refractivity contribution in [1.82, 2.24) is 0 Å². The van der Waals surface area contributed by atoms with E-state index in [0.29, 0.717) is 0 Å². The van der Waals surface area contributed by atoms with Gasteiger partial charge in [0.2, 0.25) is 0 Å². The Morgan fingerprint density at radius 3 is 2.29 bits per heavy atom. The molecule has 0 spiro atoms. The fourth-order valence-electron chi connectivity index (χ4n) is 1.20. The number of hydrogen-bond donors (Lipinski definition) is 3. The minimum absolute atomic E-state index is 0.414. The average molecular weight is 270 g/mol. The van der Waals surface area contributed by atoms with Crippen molar-refractivity contribution in [3.63, 3.8) is 0 Å². The van der Waals surface area contributed by atoms with Crippen molar-refractivity contribution >= 4 is 13.8 Å². The molecule has 0 unspecified atom stereocenters. The molecule has 3 N–H and O–H groups in total. The molecule has 0 aliphatic carbocycles. The van der Waals surface area contributed by atoms with Gasteiger partial charge in [-0.05, 0) is 0 Å². The van der Waals surface area contributed by atoms with Gasteiger partial charge in [-0.2, -0.15) is 0 Å². The summed E-state index contributed by atoms with van der Waals surface area (Å²) in [5.74, 6) is 0. The summed E-state index contributed by atoms with van der Waals surface area (Å²) in [6.07, 6.45) is -4.45. The van der Waals surface area contributed by atoms with Crippen LogP contribution in [-0.2, 0) is 12.2 Å². The van der Waals surface area contributed by atoms with Gasteiger partial charge in [-0.1, -0.05) is 0 Å². The molecule has 4 atom stereocenters. The summed E-state index contributed by atoms with van der Waals surface area (Å²) in [4.78, 5) is 0. The standard InChI is InChI=1S/C7H15AsO6/c1-8(2,12)14-7-6(11)5(10)4(3-9)13-7/h4-7,9-11H,3H2,1-2H3/t4-,5-,6-,7+/m1/s1. The monoisotopic (exact) mass is 270 g/mol. The summed E-state index contributed by atoms with van der Waals surface area (Å²) in [6, 6.07) is 0. The van der Waals surface area contributed by atoms with E-state index < -0.39 is 45.0 Å².